The van der Waals surface area contributed by atoms with Crippen LogP contribution in [-0.4, -0.2) is 21.8 Å². The molecule has 2 aromatic rings. The van der Waals surface area contributed by atoms with E-state index in [-0.39, 0.29) is 0 Å². The predicted molar refractivity (Wildman–Crippen MR) is 100 cm³/mol. The molecule has 0 amide bonds. The Morgan fingerprint density at radius 3 is 2.67 bits per heavy atom. The molecule has 24 heavy (non-hydrogen) atoms. The summed E-state index contributed by atoms with van der Waals surface area (Å²) < 4.78 is 2.26. The average molecular weight is 319 g/mol. The molecule has 1 aromatic heterocycles. The fraction of sp³-hybridized carbons (Fsp3) is 0.429. The Kier molecular flexibility index (Phi) is 4.09. The molecule has 124 valence electrons. The Labute approximate surface area is 144 Å². The lowest BCUT2D eigenvalue weighted by Crippen LogP contribution is -2.23. The van der Waals surface area contributed by atoms with Gasteiger partial charge in [-0.1, -0.05) is 49.6 Å². The Hall–Kier alpha value is -2.16. The maximum Gasteiger partial charge on any atom is 0.106 e. The molecule has 1 aliphatic heterocycles. The van der Waals surface area contributed by atoms with Crippen molar-refractivity contribution in [3.63, 3.8) is 0 Å². The Bertz CT molecular complexity index is 783. The van der Waals surface area contributed by atoms with Gasteiger partial charge in [-0.15, -0.1) is 0 Å². The van der Waals surface area contributed by atoms with Crippen LogP contribution in [0.1, 0.15) is 43.6 Å². The molecule has 2 atom stereocenters. The third kappa shape index (κ3) is 2.62. The van der Waals surface area contributed by atoms with Crippen molar-refractivity contribution < 1.29 is 0 Å². The van der Waals surface area contributed by atoms with Crippen molar-refractivity contribution in [2.24, 2.45) is 18.0 Å². The molecule has 1 aromatic carbocycles. The van der Waals surface area contributed by atoms with Crippen molar-refractivity contribution in [2.45, 2.75) is 45.1 Å². The van der Waals surface area contributed by atoms with Crippen molar-refractivity contribution in [3.8, 4) is 11.3 Å². The highest BCUT2D eigenvalue weighted by Crippen LogP contribution is 2.41. The zero-order valence-electron chi connectivity index (χ0n) is 14.6. The van der Waals surface area contributed by atoms with Crippen molar-refractivity contribution in [1.82, 2.24) is 9.55 Å². The van der Waals surface area contributed by atoms with Crippen LogP contribution in [0.25, 0.3) is 16.8 Å². The first-order valence-corrected chi connectivity index (χ1v) is 9.08. The lowest BCUT2D eigenvalue weighted by molar-refractivity contribution is 0.486. The zero-order chi connectivity index (χ0) is 16.5. The van der Waals surface area contributed by atoms with Gasteiger partial charge in [0, 0.05) is 24.7 Å². The van der Waals surface area contributed by atoms with Crippen molar-refractivity contribution in [3.05, 3.63) is 47.9 Å². The van der Waals surface area contributed by atoms with Crippen LogP contribution in [0, 0.1) is 12.8 Å². The number of aromatic nitrogens is 2. The first-order valence-electron chi connectivity index (χ1n) is 9.08. The molecule has 3 heteroatoms. The van der Waals surface area contributed by atoms with Crippen LogP contribution in [0.5, 0.6) is 0 Å². The van der Waals surface area contributed by atoms with E-state index in [1.807, 2.05) is 6.21 Å². The molecule has 1 fully saturated rings. The summed E-state index contributed by atoms with van der Waals surface area (Å²) in [5, 5.41) is 0. The van der Waals surface area contributed by atoms with E-state index in [0.29, 0.717) is 12.0 Å². The van der Waals surface area contributed by atoms with Crippen molar-refractivity contribution in [1.29, 1.82) is 0 Å². The number of imidazole rings is 1. The number of aryl methyl sites for hydroxylation is 1. The standard InChI is InChI=1S/C21H25N3/c1-15-23-20(16-9-5-3-6-10-16)21(24(15)2)18-13-14-22-19-12-8-4-7-11-17(18)19/h3,5-6,9-10,13-14,17,19H,4,7-8,11-12H2,1-2H3. The van der Waals surface area contributed by atoms with E-state index < -0.39 is 0 Å². The molecular formula is C21H25N3. The summed E-state index contributed by atoms with van der Waals surface area (Å²) >= 11 is 0. The lowest BCUT2D eigenvalue weighted by atomic mass is 9.83. The van der Waals surface area contributed by atoms with Gasteiger partial charge >= 0.3 is 0 Å². The van der Waals surface area contributed by atoms with Gasteiger partial charge < -0.3 is 4.57 Å². The van der Waals surface area contributed by atoms with Gasteiger partial charge in [0.15, 0.2) is 0 Å². The molecule has 0 N–H and O–H groups in total. The van der Waals surface area contributed by atoms with Gasteiger partial charge in [-0.25, -0.2) is 4.98 Å². The van der Waals surface area contributed by atoms with Crippen LogP contribution in [0.15, 0.2) is 41.4 Å². The van der Waals surface area contributed by atoms with E-state index in [9.17, 15) is 0 Å². The van der Waals surface area contributed by atoms with E-state index >= 15 is 0 Å². The van der Waals surface area contributed by atoms with Crippen LogP contribution in [0.3, 0.4) is 0 Å². The van der Waals surface area contributed by atoms with Crippen LogP contribution in [0.2, 0.25) is 0 Å². The third-order valence-corrected chi connectivity index (χ3v) is 5.55. The number of aliphatic imine (C=N–C) groups is 1. The summed E-state index contributed by atoms with van der Waals surface area (Å²) in [7, 11) is 2.14. The van der Waals surface area contributed by atoms with Gasteiger partial charge in [-0.05, 0) is 31.4 Å². The van der Waals surface area contributed by atoms with E-state index in [4.69, 9.17) is 9.98 Å². The molecule has 2 heterocycles. The minimum atomic E-state index is 0.450. The number of hydrogen-bond donors (Lipinski definition) is 0. The van der Waals surface area contributed by atoms with Crippen LogP contribution in [-0.2, 0) is 7.05 Å². The molecular weight excluding hydrogens is 294 g/mol. The summed E-state index contributed by atoms with van der Waals surface area (Å²) in [4.78, 5) is 9.69. The van der Waals surface area contributed by atoms with Gasteiger partial charge in [0.05, 0.1) is 17.4 Å². The van der Waals surface area contributed by atoms with Gasteiger partial charge in [0.2, 0.25) is 0 Å². The molecule has 2 unspecified atom stereocenters. The molecule has 4 rings (SSSR count). The fourth-order valence-electron chi connectivity index (χ4n) is 4.18. The molecule has 1 aliphatic carbocycles. The predicted octanol–water partition coefficient (Wildman–Crippen LogP) is 4.81. The Morgan fingerprint density at radius 2 is 1.83 bits per heavy atom. The number of dihydropyridines is 1. The largest absolute Gasteiger partial charge is 0.331 e. The number of rotatable bonds is 2. The number of nitrogens with zero attached hydrogens (tertiary/aromatic N) is 3. The van der Waals surface area contributed by atoms with Gasteiger partial charge in [0.1, 0.15) is 5.82 Å². The average Bonchev–Trinajstić information content (AvgIpc) is 2.79. The topological polar surface area (TPSA) is 30.2 Å². The summed E-state index contributed by atoms with van der Waals surface area (Å²) in [6, 6.07) is 11.0. The second kappa shape index (κ2) is 6.39. The molecule has 0 bridgehead atoms. The monoisotopic (exact) mass is 319 g/mol. The van der Waals surface area contributed by atoms with Gasteiger partial charge in [-0.3, -0.25) is 4.99 Å². The summed E-state index contributed by atoms with van der Waals surface area (Å²) in [6.45, 7) is 2.10. The highest BCUT2D eigenvalue weighted by Gasteiger charge is 2.31. The van der Waals surface area contributed by atoms with Gasteiger partial charge in [0.25, 0.3) is 0 Å². The first-order chi connectivity index (χ1) is 11.8. The van der Waals surface area contributed by atoms with Crippen molar-refractivity contribution >= 4 is 11.8 Å². The normalized spacial score (nSPS) is 23.5. The number of hydrogen-bond acceptors (Lipinski definition) is 2. The number of fused-ring (bicyclic) bond motifs is 1. The highest BCUT2D eigenvalue weighted by atomic mass is 15.1. The highest BCUT2D eigenvalue weighted by molar-refractivity contribution is 5.90. The number of benzene rings is 1. The molecule has 2 aliphatic rings. The quantitative estimate of drug-likeness (QED) is 0.781. The first kappa shape index (κ1) is 15.4. The molecule has 0 saturated heterocycles. The summed E-state index contributed by atoms with van der Waals surface area (Å²) in [6.07, 6.45) is 10.7. The lowest BCUT2D eigenvalue weighted by Gasteiger charge is -2.28. The SMILES string of the molecule is Cc1nc(-c2ccccc2)c(C2=CC=NC3CCCCCC23)n1C. The number of allylic oxidation sites excluding steroid dienone is 1. The maximum absolute atomic E-state index is 4.89. The van der Waals surface area contributed by atoms with Crippen LogP contribution < -0.4 is 0 Å². The van der Waals surface area contributed by atoms with Gasteiger partial charge in [-0.2, -0.15) is 0 Å². The van der Waals surface area contributed by atoms with Crippen LogP contribution >= 0.6 is 0 Å². The maximum atomic E-state index is 4.89. The second-order valence-corrected chi connectivity index (χ2v) is 7.01. The molecule has 1 saturated carbocycles. The summed E-state index contributed by atoms with van der Waals surface area (Å²) in [5.41, 5.74) is 5.02. The van der Waals surface area contributed by atoms with E-state index in [1.165, 1.54) is 48.9 Å². The molecule has 0 spiro atoms. The zero-order valence-corrected chi connectivity index (χ0v) is 14.6. The Morgan fingerprint density at radius 1 is 1.04 bits per heavy atom. The minimum Gasteiger partial charge on any atom is -0.331 e. The Balaban J connectivity index is 1.84. The van der Waals surface area contributed by atoms with Crippen LogP contribution in [0.4, 0.5) is 0 Å². The molecule has 3 nitrogen and oxygen atoms in total. The summed E-state index contributed by atoms with van der Waals surface area (Å²) in [5.74, 6) is 1.60. The fourth-order valence-corrected chi connectivity index (χ4v) is 4.18. The van der Waals surface area contributed by atoms with E-state index in [2.05, 4.69) is 54.9 Å². The van der Waals surface area contributed by atoms with E-state index in [0.717, 1.165) is 11.5 Å². The minimum absolute atomic E-state index is 0.450. The third-order valence-electron chi connectivity index (χ3n) is 5.55. The van der Waals surface area contributed by atoms with Crippen molar-refractivity contribution in [2.75, 3.05) is 0 Å². The molecule has 0 radical (unpaired) electrons. The smallest absolute Gasteiger partial charge is 0.106 e. The second-order valence-electron chi connectivity index (χ2n) is 7.01. The van der Waals surface area contributed by atoms with E-state index in [1.54, 1.807) is 0 Å².